The van der Waals surface area contributed by atoms with Gasteiger partial charge in [-0.1, -0.05) is 0 Å². The van der Waals surface area contributed by atoms with Crippen LogP contribution in [-0.2, 0) is 20.3 Å². The average Bonchev–Trinajstić information content (AvgIpc) is 2.03. The molecule has 0 rings (SSSR count). The Hall–Kier alpha value is -0.420. The van der Waals surface area contributed by atoms with Crippen molar-refractivity contribution in [2.24, 2.45) is 0 Å². The Balaban J connectivity index is 3.49. The fourth-order valence-electron chi connectivity index (χ4n) is 0.991. The van der Waals surface area contributed by atoms with E-state index in [1.54, 1.807) is 13.2 Å². The summed E-state index contributed by atoms with van der Waals surface area (Å²) in [6.07, 6.45) is 2.03. The highest BCUT2D eigenvalue weighted by Gasteiger charge is 2.08. The number of hydrogen-bond acceptors (Lipinski definition) is 4. The van der Waals surface area contributed by atoms with E-state index in [-0.39, 0.29) is 12.0 Å². The highest BCUT2D eigenvalue weighted by molar-refractivity contribution is 7.84. The molecule has 0 aliphatic heterocycles. The molecule has 84 valence electrons. The third-order valence-corrected chi connectivity index (χ3v) is 2.44. The van der Waals surface area contributed by atoms with Gasteiger partial charge in [0.25, 0.3) is 0 Å². The van der Waals surface area contributed by atoms with Crippen LogP contribution in [0.5, 0.6) is 0 Å². The number of esters is 1. The van der Waals surface area contributed by atoms with Gasteiger partial charge in [0.1, 0.15) is 0 Å². The van der Waals surface area contributed by atoms with Gasteiger partial charge in [-0.3, -0.25) is 9.00 Å². The molecule has 5 heteroatoms. The molecule has 0 amide bonds. The normalized spacial score (nSPS) is 14.8. The summed E-state index contributed by atoms with van der Waals surface area (Å²) in [6.45, 7) is 4.79. The van der Waals surface area contributed by atoms with E-state index in [0.29, 0.717) is 25.3 Å². The molecule has 2 unspecified atom stereocenters. The third-order valence-electron chi connectivity index (χ3n) is 1.66. The molecule has 4 nitrogen and oxygen atoms in total. The summed E-state index contributed by atoms with van der Waals surface area (Å²) in [4.78, 5) is 11.0. The van der Waals surface area contributed by atoms with E-state index >= 15 is 0 Å². The molecule has 0 spiro atoms. The molecule has 0 saturated heterocycles. The number of carbonyl (C=O) groups is 1. The fourth-order valence-corrected chi connectivity index (χ4v) is 1.40. The predicted octanol–water partition coefficient (Wildman–Crippen LogP) is 0.296. The highest BCUT2D eigenvalue weighted by Crippen LogP contribution is 1.93. The maximum Gasteiger partial charge on any atom is 0.307 e. The van der Waals surface area contributed by atoms with Gasteiger partial charge in [-0.25, -0.2) is 0 Å². The number of rotatable bonds is 7. The summed E-state index contributed by atoms with van der Waals surface area (Å²) in [6, 6.07) is 0.0811. The predicted molar refractivity (Wildman–Crippen MR) is 57.6 cm³/mol. The summed E-state index contributed by atoms with van der Waals surface area (Å²) in [5.74, 6) is 0.429. The smallest absolute Gasteiger partial charge is 0.307 e. The summed E-state index contributed by atoms with van der Waals surface area (Å²) < 4.78 is 15.5. The lowest BCUT2D eigenvalue weighted by Crippen LogP contribution is -2.32. The Morgan fingerprint density at radius 3 is 2.71 bits per heavy atom. The van der Waals surface area contributed by atoms with Gasteiger partial charge >= 0.3 is 5.97 Å². The van der Waals surface area contributed by atoms with Crippen molar-refractivity contribution in [3.8, 4) is 0 Å². The molecule has 0 aromatic rings. The summed E-state index contributed by atoms with van der Waals surface area (Å²) in [7, 11) is -0.777. The van der Waals surface area contributed by atoms with E-state index in [4.69, 9.17) is 4.74 Å². The van der Waals surface area contributed by atoms with Crippen molar-refractivity contribution in [2.45, 2.75) is 26.3 Å². The van der Waals surface area contributed by atoms with Crippen LogP contribution in [0.4, 0.5) is 0 Å². The zero-order valence-corrected chi connectivity index (χ0v) is 9.86. The second-order valence-electron chi connectivity index (χ2n) is 3.14. The van der Waals surface area contributed by atoms with Gasteiger partial charge in [-0.05, 0) is 13.8 Å². The lowest BCUT2D eigenvalue weighted by Gasteiger charge is -2.11. The number of carbonyl (C=O) groups excluding carboxylic acids is 1. The number of hydrogen-bond donors (Lipinski definition) is 1. The lowest BCUT2D eigenvalue weighted by atomic mass is 10.2. The maximum atomic E-state index is 11.0. The Morgan fingerprint density at radius 1 is 1.57 bits per heavy atom. The Labute approximate surface area is 87.9 Å². The summed E-state index contributed by atoms with van der Waals surface area (Å²) in [5, 5.41) is 3.11. The molecule has 14 heavy (non-hydrogen) atoms. The first-order valence-electron chi connectivity index (χ1n) is 4.75. The molecule has 0 aromatic carbocycles. The molecule has 0 radical (unpaired) electrons. The van der Waals surface area contributed by atoms with Crippen LogP contribution < -0.4 is 5.32 Å². The summed E-state index contributed by atoms with van der Waals surface area (Å²) in [5.41, 5.74) is 0. The van der Waals surface area contributed by atoms with Crippen molar-refractivity contribution in [3.05, 3.63) is 0 Å². The van der Waals surface area contributed by atoms with E-state index in [1.165, 1.54) is 0 Å². The van der Waals surface area contributed by atoms with Crippen LogP contribution in [0, 0.1) is 0 Å². The molecule has 0 aliphatic carbocycles. The maximum absolute atomic E-state index is 11.0. The van der Waals surface area contributed by atoms with Crippen LogP contribution in [0.25, 0.3) is 0 Å². The van der Waals surface area contributed by atoms with Crippen LogP contribution >= 0.6 is 0 Å². The van der Waals surface area contributed by atoms with Crippen LogP contribution in [0.1, 0.15) is 20.3 Å². The van der Waals surface area contributed by atoms with E-state index in [1.807, 2.05) is 6.92 Å². The first kappa shape index (κ1) is 13.6. The minimum Gasteiger partial charge on any atom is -0.466 e. The SMILES string of the molecule is CCOC(=O)CC(C)NCCS(C)=O. The molecule has 0 aliphatic rings. The van der Waals surface area contributed by atoms with Crippen LogP contribution in [0.15, 0.2) is 0 Å². The van der Waals surface area contributed by atoms with E-state index in [2.05, 4.69) is 5.32 Å². The second-order valence-corrected chi connectivity index (χ2v) is 4.70. The summed E-state index contributed by atoms with van der Waals surface area (Å²) >= 11 is 0. The van der Waals surface area contributed by atoms with Crippen LogP contribution in [-0.4, -0.2) is 41.4 Å². The van der Waals surface area contributed by atoms with Gasteiger partial charge in [-0.2, -0.15) is 0 Å². The molecule has 0 heterocycles. The average molecular weight is 221 g/mol. The zero-order valence-electron chi connectivity index (χ0n) is 9.04. The fraction of sp³-hybridized carbons (Fsp3) is 0.889. The van der Waals surface area contributed by atoms with Gasteiger partial charge in [0.2, 0.25) is 0 Å². The molecule has 0 saturated carbocycles. The minimum atomic E-state index is -0.777. The van der Waals surface area contributed by atoms with Gasteiger partial charge in [0.05, 0.1) is 13.0 Å². The number of ether oxygens (including phenoxy) is 1. The first-order valence-corrected chi connectivity index (χ1v) is 6.48. The van der Waals surface area contributed by atoms with Crippen LogP contribution in [0.3, 0.4) is 0 Å². The van der Waals surface area contributed by atoms with Crippen molar-refractivity contribution in [2.75, 3.05) is 25.2 Å². The molecule has 1 N–H and O–H groups in total. The molecular formula is C9H19NO3S. The van der Waals surface area contributed by atoms with Crippen molar-refractivity contribution < 1.29 is 13.7 Å². The van der Waals surface area contributed by atoms with Gasteiger partial charge < -0.3 is 10.1 Å². The Bertz CT molecular complexity index is 196. The Morgan fingerprint density at radius 2 is 2.21 bits per heavy atom. The van der Waals surface area contributed by atoms with Gasteiger partial charge in [0.15, 0.2) is 0 Å². The van der Waals surface area contributed by atoms with Gasteiger partial charge in [0, 0.05) is 35.4 Å². The molecule has 0 aromatic heterocycles. The lowest BCUT2D eigenvalue weighted by molar-refractivity contribution is -0.143. The molecule has 2 atom stereocenters. The largest absolute Gasteiger partial charge is 0.466 e. The zero-order chi connectivity index (χ0) is 11.0. The molecule has 0 fully saturated rings. The van der Waals surface area contributed by atoms with Crippen molar-refractivity contribution in [1.29, 1.82) is 0 Å². The van der Waals surface area contributed by atoms with Crippen molar-refractivity contribution in [1.82, 2.24) is 5.32 Å². The van der Waals surface area contributed by atoms with E-state index < -0.39 is 10.8 Å². The third kappa shape index (κ3) is 8.19. The van der Waals surface area contributed by atoms with Crippen LogP contribution in [0.2, 0.25) is 0 Å². The van der Waals surface area contributed by atoms with Crippen molar-refractivity contribution >= 4 is 16.8 Å². The quantitative estimate of drug-likeness (QED) is 0.628. The van der Waals surface area contributed by atoms with E-state index in [0.717, 1.165) is 0 Å². The first-order chi connectivity index (χ1) is 6.56. The molecule has 0 bridgehead atoms. The van der Waals surface area contributed by atoms with Gasteiger partial charge in [-0.15, -0.1) is 0 Å². The number of nitrogens with one attached hydrogen (secondary N) is 1. The highest BCUT2D eigenvalue weighted by atomic mass is 32.2. The van der Waals surface area contributed by atoms with Crippen molar-refractivity contribution in [3.63, 3.8) is 0 Å². The second kappa shape index (κ2) is 7.94. The molecular weight excluding hydrogens is 202 g/mol. The topological polar surface area (TPSA) is 55.4 Å². The Kier molecular flexibility index (Phi) is 7.70. The standard InChI is InChI=1S/C9H19NO3S/c1-4-13-9(11)7-8(2)10-5-6-14(3)12/h8,10H,4-7H2,1-3H3. The monoisotopic (exact) mass is 221 g/mol. The van der Waals surface area contributed by atoms with E-state index in [9.17, 15) is 9.00 Å². The minimum absolute atomic E-state index is 0.0811.